The Bertz CT molecular complexity index is 596. The zero-order valence-electron chi connectivity index (χ0n) is 8.84. The second-order valence-electron chi connectivity index (χ2n) is 3.60. The van der Waals surface area contributed by atoms with Crippen LogP contribution in [-0.4, -0.2) is 34.3 Å². The van der Waals surface area contributed by atoms with Gasteiger partial charge in [-0.15, -0.1) is 0 Å². The van der Waals surface area contributed by atoms with Gasteiger partial charge in [-0.1, -0.05) is 0 Å². The zero-order chi connectivity index (χ0) is 14.5. The lowest BCUT2D eigenvalue weighted by Gasteiger charge is -2.09. The summed E-state index contributed by atoms with van der Waals surface area (Å²) in [6.07, 6.45) is 0. The van der Waals surface area contributed by atoms with Gasteiger partial charge in [0.2, 0.25) is 0 Å². The van der Waals surface area contributed by atoms with Gasteiger partial charge in [0.15, 0.2) is 23.3 Å². The van der Waals surface area contributed by atoms with Gasteiger partial charge in [-0.05, 0) is 0 Å². The number of nitrogens with zero attached hydrogens (tertiary/aromatic N) is 1. The Kier molecular flexibility index (Phi) is 2.76. The molecule has 0 bridgehead atoms. The minimum absolute atomic E-state index is 0.0158. The number of carboxylic acids is 1. The van der Waals surface area contributed by atoms with Gasteiger partial charge in [-0.3, -0.25) is 19.3 Å². The summed E-state index contributed by atoms with van der Waals surface area (Å²) in [5, 5.41) is 8.45. The average molecular weight is 277 g/mol. The van der Waals surface area contributed by atoms with Crippen molar-refractivity contribution in [1.82, 2.24) is 4.90 Å². The molecule has 0 saturated heterocycles. The van der Waals surface area contributed by atoms with Crippen LogP contribution < -0.4 is 0 Å². The number of aliphatic carboxylic acids is 1. The Hall–Kier alpha value is -2.45. The van der Waals surface area contributed by atoms with E-state index in [1.54, 1.807) is 0 Å². The van der Waals surface area contributed by atoms with Crippen molar-refractivity contribution in [3.63, 3.8) is 0 Å². The summed E-state index contributed by atoms with van der Waals surface area (Å²) >= 11 is 0. The fourth-order valence-electron chi connectivity index (χ4n) is 1.67. The molecule has 0 unspecified atom stereocenters. The number of hydrogen-bond acceptors (Lipinski definition) is 3. The highest BCUT2D eigenvalue weighted by atomic mass is 19.2. The van der Waals surface area contributed by atoms with Crippen molar-refractivity contribution in [2.45, 2.75) is 0 Å². The Morgan fingerprint density at radius 3 is 1.58 bits per heavy atom. The van der Waals surface area contributed by atoms with E-state index in [9.17, 15) is 31.9 Å². The molecule has 0 saturated carbocycles. The van der Waals surface area contributed by atoms with Crippen LogP contribution in [0.25, 0.3) is 0 Å². The molecule has 0 aliphatic carbocycles. The molecule has 0 aromatic heterocycles. The molecule has 0 fully saturated rings. The number of halogens is 4. The normalized spacial score (nSPS) is 14.0. The summed E-state index contributed by atoms with van der Waals surface area (Å²) in [6, 6.07) is 0. The second kappa shape index (κ2) is 4.04. The standard InChI is InChI=1S/C10H3F4NO4/c11-5-3-4(6(12)8(14)7(5)13)10(19)15(9(3)18)1-2(16)17/h1H2,(H,16,17). The third-order valence-electron chi connectivity index (χ3n) is 2.48. The molecule has 0 atom stereocenters. The number of carbonyl (C=O) groups excluding carboxylic acids is 2. The molecule has 2 rings (SSSR count). The Morgan fingerprint density at radius 2 is 1.26 bits per heavy atom. The molecular formula is C10H3F4NO4. The summed E-state index contributed by atoms with van der Waals surface area (Å²) in [6.45, 7) is -1.17. The van der Waals surface area contributed by atoms with Gasteiger partial charge >= 0.3 is 5.97 Å². The van der Waals surface area contributed by atoms with Gasteiger partial charge in [0.25, 0.3) is 11.8 Å². The van der Waals surface area contributed by atoms with Crippen LogP contribution >= 0.6 is 0 Å². The van der Waals surface area contributed by atoms with Gasteiger partial charge in [-0.25, -0.2) is 17.6 Å². The third-order valence-corrected chi connectivity index (χ3v) is 2.48. The molecule has 1 aliphatic rings. The smallest absolute Gasteiger partial charge is 0.323 e. The van der Waals surface area contributed by atoms with Gasteiger partial charge in [0.1, 0.15) is 6.54 Å². The molecule has 0 spiro atoms. The van der Waals surface area contributed by atoms with Gasteiger partial charge in [-0.2, -0.15) is 0 Å². The molecular weight excluding hydrogens is 274 g/mol. The predicted octanol–water partition coefficient (Wildman–Crippen LogP) is 0.924. The Morgan fingerprint density at radius 1 is 0.895 bits per heavy atom. The van der Waals surface area contributed by atoms with Crippen molar-refractivity contribution in [2.24, 2.45) is 0 Å². The quantitative estimate of drug-likeness (QED) is 0.377. The number of carboxylic acid groups (broad SMARTS) is 1. The highest BCUT2D eigenvalue weighted by Crippen LogP contribution is 2.31. The van der Waals surface area contributed by atoms with Gasteiger partial charge in [0.05, 0.1) is 11.1 Å². The molecule has 0 radical (unpaired) electrons. The number of carbonyl (C=O) groups is 3. The van der Waals surface area contributed by atoms with Crippen LogP contribution in [0.4, 0.5) is 17.6 Å². The maximum atomic E-state index is 13.3. The molecule has 1 N–H and O–H groups in total. The average Bonchev–Trinajstić information content (AvgIpc) is 2.58. The summed E-state index contributed by atoms with van der Waals surface area (Å²) in [4.78, 5) is 33.5. The third kappa shape index (κ3) is 1.65. The monoisotopic (exact) mass is 277 g/mol. The Balaban J connectivity index is 2.69. The van der Waals surface area contributed by atoms with Gasteiger partial charge < -0.3 is 5.11 Å². The second-order valence-corrected chi connectivity index (χ2v) is 3.60. The maximum absolute atomic E-state index is 13.3. The lowest BCUT2D eigenvalue weighted by atomic mass is 10.1. The molecule has 9 heteroatoms. The van der Waals surface area contributed by atoms with Crippen LogP contribution in [0.2, 0.25) is 0 Å². The number of hydrogen-bond donors (Lipinski definition) is 1. The molecule has 2 amide bonds. The largest absolute Gasteiger partial charge is 0.480 e. The van der Waals surface area contributed by atoms with E-state index in [1.807, 2.05) is 0 Å². The molecule has 1 heterocycles. The van der Waals surface area contributed by atoms with Crippen LogP contribution in [0.15, 0.2) is 0 Å². The minimum Gasteiger partial charge on any atom is -0.480 e. The molecule has 100 valence electrons. The van der Waals surface area contributed by atoms with Gasteiger partial charge in [0, 0.05) is 0 Å². The maximum Gasteiger partial charge on any atom is 0.323 e. The summed E-state index contributed by atoms with van der Waals surface area (Å²) < 4.78 is 52.6. The van der Waals surface area contributed by atoms with Crippen molar-refractivity contribution in [1.29, 1.82) is 0 Å². The molecule has 19 heavy (non-hydrogen) atoms. The highest BCUT2D eigenvalue weighted by Gasteiger charge is 2.44. The van der Waals surface area contributed by atoms with E-state index >= 15 is 0 Å². The van der Waals surface area contributed by atoms with Crippen molar-refractivity contribution in [2.75, 3.05) is 6.54 Å². The van der Waals surface area contributed by atoms with E-state index in [0.29, 0.717) is 0 Å². The first-order valence-electron chi connectivity index (χ1n) is 4.71. The zero-order valence-corrected chi connectivity index (χ0v) is 8.84. The first kappa shape index (κ1) is 13.0. The van der Waals surface area contributed by atoms with E-state index < -0.39 is 58.7 Å². The van der Waals surface area contributed by atoms with E-state index in [4.69, 9.17) is 5.11 Å². The van der Waals surface area contributed by atoms with Crippen molar-refractivity contribution in [3.05, 3.63) is 34.4 Å². The van der Waals surface area contributed by atoms with Crippen LogP contribution in [0.5, 0.6) is 0 Å². The van der Waals surface area contributed by atoms with Crippen LogP contribution in [0, 0.1) is 23.3 Å². The number of rotatable bonds is 2. The predicted molar refractivity (Wildman–Crippen MR) is 49.3 cm³/mol. The van der Waals surface area contributed by atoms with E-state index in [1.165, 1.54) is 0 Å². The number of imide groups is 1. The van der Waals surface area contributed by atoms with Crippen LogP contribution in [-0.2, 0) is 4.79 Å². The molecule has 1 aliphatic heterocycles. The molecule has 5 nitrogen and oxygen atoms in total. The Labute approximate surface area is 102 Å². The lowest BCUT2D eigenvalue weighted by molar-refractivity contribution is -0.137. The fourth-order valence-corrected chi connectivity index (χ4v) is 1.67. The summed E-state index contributed by atoms with van der Waals surface area (Å²) in [5.41, 5.74) is -2.61. The topological polar surface area (TPSA) is 74.7 Å². The van der Waals surface area contributed by atoms with Crippen molar-refractivity contribution >= 4 is 17.8 Å². The first-order valence-corrected chi connectivity index (χ1v) is 4.71. The summed E-state index contributed by atoms with van der Waals surface area (Å²) in [5.74, 6) is -13.2. The van der Waals surface area contributed by atoms with E-state index in [2.05, 4.69) is 0 Å². The van der Waals surface area contributed by atoms with Crippen molar-refractivity contribution < 1.29 is 37.1 Å². The summed E-state index contributed by atoms with van der Waals surface area (Å²) in [7, 11) is 0. The molecule has 1 aromatic carbocycles. The van der Waals surface area contributed by atoms with E-state index in [0.717, 1.165) is 0 Å². The number of amides is 2. The first-order chi connectivity index (χ1) is 8.77. The van der Waals surface area contributed by atoms with Crippen molar-refractivity contribution in [3.8, 4) is 0 Å². The SMILES string of the molecule is O=C(O)CN1C(=O)c2c(F)c(F)c(F)c(F)c2C1=O. The van der Waals surface area contributed by atoms with E-state index in [-0.39, 0.29) is 4.90 Å². The number of benzene rings is 1. The number of fused-ring (bicyclic) bond motifs is 1. The van der Waals surface area contributed by atoms with Crippen LogP contribution in [0.1, 0.15) is 20.7 Å². The fraction of sp³-hybridized carbons (Fsp3) is 0.100. The molecule has 1 aromatic rings. The van der Waals surface area contributed by atoms with Crippen LogP contribution in [0.3, 0.4) is 0 Å². The minimum atomic E-state index is -2.24. The highest BCUT2D eigenvalue weighted by molar-refractivity contribution is 6.22. The lowest BCUT2D eigenvalue weighted by Crippen LogP contribution is -2.34.